The van der Waals surface area contributed by atoms with Gasteiger partial charge in [0.1, 0.15) is 5.82 Å². The molecule has 0 amide bonds. The molecule has 0 aliphatic rings. The molecule has 4 nitrogen and oxygen atoms in total. The molecular weight excluding hydrogens is 260 g/mol. The van der Waals surface area contributed by atoms with Gasteiger partial charge in [-0.1, -0.05) is 13.0 Å². The molecule has 2 heterocycles. The molecule has 0 fully saturated rings. The number of rotatable bonds is 5. The Morgan fingerprint density at radius 2 is 1.90 bits per heavy atom. The smallest absolute Gasteiger partial charge is 0.114 e. The molecule has 108 valence electrons. The Morgan fingerprint density at radius 3 is 2.62 bits per heavy atom. The molecule has 0 atom stereocenters. The molecule has 0 saturated carbocycles. The van der Waals surface area contributed by atoms with Crippen molar-refractivity contribution in [2.75, 3.05) is 0 Å². The quantitative estimate of drug-likeness (QED) is 0.782. The average molecular weight is 280 g/mol. The van der Waals surface area contributed by atoms with Crippen molar-refractivity contribution in [1.29, 1.82) is 0 Å². The Balaban J connectivity index is 2.05. The van der Waals surface area contributed by atoms with E-state index in [-0.39, 0.29) is 0 Å². The first-order chi connectivity index (χ1) is 10.3. The lowest BCUT2D eigenvalue weighted by molar-refractivity contribution is 0.664. The number of nitrogens with zero attached hydrogens (tertiary/aromatic N) is 3. The van der Waals surface area contributed by atoms with Gasteiger partial charge in [-0.3, -0.25) is 4.98 Å². The SMILES string of the molecule is CCCn1c(Cc2ccncc2)nc2cc(CN)ccc21. The van der Waals surface area contributed by atoms with Crippen LogP contribution in [0.25, 0.3) is 11.0 Å². The van der Waals surface area contributed by atoms with Crippen molar-refractivity contribution in [3.05, 3.63) is 59.7 Å². The minimum atomic E-state index is 0.552. The molecule has 4 heteroatoms. The molecule has 0 aliphatic heterocycles. The Kier molecular flexibility index (Phi) is 3.97. The number of hydrogen-bond acceptors (Lipinski definition) is 3. The minimum Gasteiger partial charge on any atom is -0.328 e. The zero-order chi connectivity index (χ0) is 14.7. The molecule has 0 bridgehead atoms. The predicted molar refractivity (Wildman–Crippen MR) is 85.0 cm³/mol. The fraction of sp³-hybridized carbons (Fsp3) is 0.294. The van der Waals surface area contributed by atoms with Crippen LogP contribution in [0.1, 0.15) is 30.3 Å². The number of benzene rings is 1. The highest BCUT2D eigenvalue weighted by Gasteiger charge is 2.11. The van der Waals surface area contributed by atoms with Gasteiger partial charge >= 0.3 is 0 Å². The van der Waals surface area contributed by atoms with E-state index in [4.69, 9.17) is 10.7 Å². The Hall–Kier alpha value is -2.20. The summed E-state index contributed by atoms with van der Waals surface area (Å²) < 4.78 is 2.32. The fourth-order valence-corrected chi connectivity index (χ4v) is 2.64. The molecule has 3 aromatic rings. The van der Waals surface area contributed by atoms with Crippen LogP contribution in [0.5, 0.6) is 0 Å². The van der Waals surface area contributed by atoms with Gasteiger partial charge in [-0.25, -0.2) is 4.98 Å². The second-order valence-electron chi connectivity index (χ2n) is 5.24. The van der Waals surface area contributed by atoms with Gasteiger partial charge in [0.25, 0.3) is 0 Å². The zero-order valence-electron chi connectivity index (χ0n) is 12.3. The minimum absolute atomic E-state index is 0.552. The van der Waals surface area contributed by atoms with Gasteiger partial charge < -0.3 is 10.3 Å². The first kappa shape index (κ1) is 13.8. The van der Waals surface area contributed by atoms with Crippen molar-refractivity contribution in [3.8, 4) is 0 Å². The fourth-order valence-electron chi connectivity index (χ4n) is 2.64. The van der Waals surface area contributed by atoms with Gasteiger partial charge in [0.2, 0.25) is 0 Å². The van der Waals surface area contributed by atoms with Crippen LogP contribution in [-0.2, 0) is 19.5 Å². The van der Waals surface area contributed by atoms with E-state index in [9.17, 15) is 0 Å². The third kappa shape index (κ3) is 2.81. The highest BCUT2D eigenvalue weighted by Crippen LogP contribution is 2.20. The number of aryl methyl sites for hydroxylation is 1. The third-order valence-corrected chi connectivity index (χ3v) is 3.69. The van der Waals surface area contributed by atoms with Gasteiger partial charge in [-0.15, -0.1) is 0 Å². The maximum atomic E-state index is 5.73. The van der Waals surface area contributed by atoms with Gasteiger partial charge in [-0.2, -0.15) is 0 Å². The summed E-state index contributed by atoms with van der Waals surface area (Å²) >= 11 is 0. The third-order valence-electron chi connectivity index (χ3n) is 3.69. The summed E-state index contributed by atoms with van der Waals surface area (Å²) in [4.78, 5) is 8.89. The van der Waals surface area contributed by atoms with E-state index in [1.54, 1.807) is 0 Å². The number of fused-ring (bicyclic) bond motifs is 1. The molecular formula is C17H20N4. The van der Waals surface area contributed by atoms with Crippen LogP contribution < -0.4 is 5.73 Å². The van der Waals surface area contributed by atoms with Crippen LogP contribution in [-0.4, -0.2) is 14.5 Å². The zero-order valence-corrected chi connectivity index (χ0v) is 12.3. The first-order valence-corrected chi connectivity index (χ1v) is 7.39. The summed E-state index contributed by atoms with van der Waals surface area (Å²) in [7, 11) is 0. The highest BCUT2D eigenvalue weighted by molar-refractivity contribution is 5.77. The molecule has 1 aromatic carbocycles. The van der Waals surface area contributed by atoms with Crippen LogP contribution in [0.4, 0.5) is 0 Å². The first-order valence-electron chi connectivity index (χ1n) is 7.39. The maximum Gasteiger partial charge on any atom is 0.114 e. The normalized spacial score (nSPS) is 11.1. The monoisotopic (exact) mass is 280 g/mol. The van der Waals surface area contributed by atoms with Crippen molar-refractivity contribution < 1.29 is 0 Å². The van der Waals surface area contributed by atoms with Crippen LogP contribution in [0.15, 0.2) is 42.7 Å². The van der Waals surface area contributed by atoms with Crippen molar-refractivity contribution in [3.63, 3.8) is 0 Å². The second kappa shape index (κ2) is 6.06. The van der Waals surface area contributed by atoms with E-state index in [0.717, 1.165) is 36.3 Å². The average Bonchev–Trinajstić information content (AvgIpc) is 2.85. The summed E-state index contributed by atoms with van der Waals surface area (Å²) in [6, 6.07) is 10.4. The van der Waals surface area contributed by atoms with E-state index in [1.807, 2.05) is 24.5 Å². The van der Waals surface area contributed by atoms with Gasteiger partial charge in [0.15, 0.2) is 0 Å². The number of hydrogen-bond donors (Lipinski definition) is 1. The molecule has 2 aromatic heterocycles. The van der Waals surface area contributed by atoms with Crippen molar-refractivity contribution in [2.45, 2.75) is 32.9 Å². The van der Waals surface area contributed by atoms with Crippen molar-refractivity contribution in [1.82, 2.24) is 14.5 Å². The summed E-state index contributed by atoms with van der Waals surface area (Å²) in [5.41, 5.74) is 10.3. The number of nitrogens with two attached hydrogens (primary N) is 1. The highest BCUT2D eigenvalue weighted by atomic mass is 15.1. The van der Waals surface area contributed by atoms with E-state index in [0.29, 0.717) is 6.54 Å². The predicted octanol–water partition coefficient (Wildman–Crippen LogP) is 2.89. The molecule has 3 rings (SSSR count). The molecule has 0 unspecified atom stereocenters. The van der Waals surface area contributed by atoms with Crippen LogP contribution in [0.2, 0.25) is 0 Å². The van der Waals surface area contributed by atoms with Crippen LogP contribution in [0, 0.1) is 0 Å². The lowest BCUT2D eigenvalue weighted by atomic mass is 10.2. The molecule has 21 heavy (non-hydrogen) atoms. The number of pyridine rings is 1. The molecule has 0 radical (unpaired) electrons. The summed E-state index contributed by atoms with van der Waals surface area (Å²) in [6.07, 6.45) is 5.58. The molecule has 0 aliphatic carbocycles. The second-order valence-corrected chi connectivity index (χ2v) is 5.24. The van der Waals surface area contributed by atoms with Crippen LogP contribution in [0.3, 0.4) is 0 Å². The Morgan fingerprint density at radius 1 is 1.10 bits per heavy atom. The lowest BCUT2D eigenvalue weighted by Crippen LogP contribution is -2.04. The Labute approximate surface area is 124 Å². The van der Waals surface area contributed by atoms with Gasteiger partial charge in [0, 0.05) is 31.9 Å². The number of imidazole rings is 1. The Bertz CT molecular complexity index is 731. The van der Waals surface area contributed by atoms with E-state index in [2.05, 4.69) is 34.7 Å². The topological polar surface area (TPSA) is 56.7 Å². The van der Waals surface area contributed by atoms with E-state index >= 15 is 0 Å². The van der Waals surface area contributed by atoms with Crippen molar-refractivity contribution >= 4 is 11.0 Å². The largest absolute Gasteiger partial charge is 0.328 e. The van der Waals surface area contributed by atoms with Crippen LogP contribution >= 0.6 is 0 Å². The summed E-state index contributed by atoms with van der Waals surface area (Å²) in [6.45, 7) is 3.73. The van der Waals surface area contributed by atoms with Gasteiger partial charge in [-0.05, 0) is 41.8 Å². The summed E-state index contributed by atoms with van der Waals surface area (Å²) in [5.74, 6) is 1.10. The molecule has 0 saturated heterocycles. The van der Waals surface area contributed by atoms with Crippen molar-refractivity contribution in [2.24, 2.45) is 5.73 Å². The number of aromatic nitrogens is 3. The molecule has 0 spiro atoms. The van der Waals surface area contributed by atoms with E-state index < -0.39 is 0 Å². The summed E-state index contributed by atoms with van der Waals surface area (Å²) in [5, 5.41) is 0. The maximum absolute atomic E-state index is 5.73. The standard InChI is InChI=1S/C17H20N4/c1-2-9-21-16-4-3-14(12-18)10-15(16)20-17(21)11-13-5-7-19-8-6-13/h3-8,10H,2,9,11-12,18H2,1H3. The van der Waals surface area contributed by atoms with Gasteiger partial charge in [0.05, 0.1) is 11.0 Å². The van der Waals surface area contributed by atoms with E-state index in [1.165, 1.54) is 11.1 Å². The lowest BCUT2D eigenvalue weighted by Gasteiger charge is -2.08. The molecule has 2 N–H and O–H groups in total.